The maximum absolute atomic E-state index is 12.4. The fourth-order valence-electron chi connectivity index (χ4n) is 3.62. The molecule has 0 amide bonds. The van der Waals surface area contributed by atoms with E-state index in [1.165, 1.54) is 21.7 Å². The second-order valence-corrected chi connectivity index (χ2v) is 15.2. The van der Waals surface area contributed by atoms with Gasteiger partial charge in [-0.05, 0) is 61.7 Å². The molecule has 198 valence electrons. The van der Waals surface area contributed by atoms with E-state index in [1.54, 1.807) is 0 Å². The van der Waals surface area contributed by atoms with Gasteiger partial charge in [-0.2, -0.15) is 0 Å². The van der Waals surface area contributed by atoms with E-state index in [-0.39, 0.29) is 23.1 Å². The van der Waals surface area contributed by atoms with Crippen LogP contribution in [0.3, 0.4) is 0 Å². The number of benzene rings is 4. The monoisotopic (exact) mass is 658 g/mol. The van der Waals surface area contributed by atoms with Crippen molar-refractivity contribution in [2.75, 3.05) is 11.9 Å². The molecule has 0 radical (unpaired) electrons. The van der Waals surface area contributed by atoms with E-state index in [0.717, 1.165) is 23.2 Å². The van der Waals surface area contributed by atoms with Crippen molar-refractivity contribution in [3.05, 3.63) is 126 Å². The molecule has 0 aliphatic heterocycles. The summed E-state index contributed by atoms with van der Waals surface area (Å²) in [5.74, 6) is 1.38. The van der Waals surface area contributed by atoms with E-state index in [2.05, 4.69) is 106 Å². The molecular formula is C31H35Cl2OPRuS. The van der Waals surface area contributed by atoms with Crippen molar-refractivity contribution in [1.82, 2.24) is 0 Å². The topological polar surface area (TPSA) is 17.1 Å². The van der Waals surface area contributed by atoms with Crippen molar-refractivity contribution in [1.29, 1.82) is 0 Å². The van der Waals surface area contributed by atoms with Crippen molar-refractivity contribution >= 4 is 48.7 Å². The van der Waals surface area contributed by atoms with Crippen LogP contribution in [0.15, 0.2) is 120 Å². The van der Waals surface area contributed by atoms with Gasteiger partial charge in [-0.3, -0.25) is 4.21 Å². The third-order valence-electron chi connectivity index (χ3n) is 5.60. The summed E-state index contributed by atoms with van der Waals surface area (Å²) in [6, 6.07) is 39.9. The van der Waals surface area contributed by atoms with Gasteiger partial charge in [-0.15, -0.1) is 0 Å². The summed E-state index contributed by atoms with van der Waals surface area (Å²) in [5.41, 5.74) is 2.76. The zero-order valence-corrected chi connectivity index (χ0v) is 26.5. The van der Waals surface area contributed by atoms with Crippen LogP contribution in [0.5, 0.6) is 0 Å². The normalized spacial score (nSPS) is 11.3. The molecule has 0 heterocycles. The van der Waals surface area contributed by atoms with Gasteiger partial charge in [0.2, 0.25) is 0 Å². The Kier molecular flexibility index (Phi) is 16.2. The molecule has 1 atom stereocenters. The fraction of sp³-hybridized carbons (Fsp3) is 0.226. The summed E-state index contributed by atoms with van der Waals surface area (Å²) >= 11 is -0.346. The summed E-state index contributed by atoms with van der Waals surface area (Å²) in [6.45, 7) is 6.54. The molecule has 4 aromatic rings. The van der Waals surface area contributed by atoms with Gasteiger partial charge in [0.25, 0.3) is 0 Å². The minimum absolute atomic E-state index is 0.346. The van der Waals surface area contributed by atoms with Crippen LogP contribution >= 0.6 is 27.3 Å². The first-order chi connectivity index (χ1) is 18.0. The first-order valence-corrected chi connectivity index (χ1v) is 19.5. The van der Waals surface area contributed by atoms with E-state index >= 15 is 0 Å². The molecule has 0 bridgehead atoms. The summed E-state index contributed by atoms with van der Waals surface area (Å²) in [5, 5.41) is 2.79. The van der Waals surface area contributed by atoms with Crippen molar-refractivity contribution in [2.24, 2.45) is 0 Å². The van der Waals surface area contributed by atoms with Gasteiger partial charge in [-0.1, -0.05) is 123 Å². The number of hydrogen-bond acceptors (Lipinski definition) is 1. The van der Waals surface area contributed by atoms with Crippen molar-refractivity contribution in [3.8, 4) is 0 Å². The van der Waals surface area contributed by atoms with Gasteiger partial charge in [-0.25, -0.2) is 0 Å². The van der Waals surface area contributed by atoms with Crippen LogP contribution in [0.2, 0.25) is 0 Å². The molecule has 0 fully saturated rings. The van der Waals surface area contributed by atoms with Gasteiger partial charge >= 0.3 is 34.5 Å². The third kappa shape index (κ3) is 12.4. The molecular weight excluding hydrogens is 623 g/mol. The molecule has 4 rings (SSSR count). The molecule has 0 saturated carbocycles. The number of hydrogen-bond donors (Lipinski definition) is 0. The van der Waals surface area contributed by atoms with E-state index in [4.69, 9.17) is 19.4 Å². The van der Waals surface area contributed by atoms with Crippen LogP contribution < -0.4 is 10.6 Å². The fourth-order valence-corrected chi connectivity index (χ4v) is 7.29. The van der Waals surface area contributed by atoms with Crippen molar-refractivity contribution in [3.63, 3.8) is 0 Å². The Morgan fingerprint density at radius 2 is 1.16 bits per heavy atom. The first-order valence-electron chi connectivity index (χ1n) is 12.2. The second kappa shape index (κ2) is 18.8. The maximum atomic E-state index is 12.4. The standard InChI is InChI=1S/C21H21OPS.C10H14.2ClH.Ru/c22-24(21-15-8-3-9-16-21)18-10-17-23(19-11-4-1-5-12-19)20-13-6-2-7-14-20;1-8(2)10-6-4-9(3)5-7-10;;;/h1-9,11-16H,10,17-18H2;4-8H,1-3H3;2*1H;/q;;;;+2/p-2. The van der Waals surface area contributed by atoms with E-state index in [9.17, 15) is 4.21 Å². The van der Waals surface area contributed by atoms with Gasteiger partial charge in [0.1, 0.15) is 0 Å². The molecule has 37 heavy (non-hydrogen) atoms. The van der Waals surface area contributed by atoms with Crippen LogP contribution in [-0.4, -0.2) is 16.1 Å². The summed E-state index contributed by atoms with van der Waals surface area (Å²) in [6.07, 6.45) is 2.04. The summed E-state index contributed by atoms with van der Waals surface area (Å²) < 4.78 is 12.4. The molecule has 1 unspecified atom stereocenters. The Morgan fingerprint density at radius 1 is 0.730 bits per heavy atom. The molecule has 0 aromatic heterocycles. The average molecular weight is 659 g/mol. The minimum atomic E-state index is -0.902. The summed E-state index contributed by atoms with van der Waals surface area (Å²) in [4.78, 5) is 0.932. The first kappa shape index (κ1) is 31.9. The molecule has 6 heteroatoms. The predicted molar refractivity (Wildman–Crippen MR) is 163 cm³/mol. The van der Waals surface area contributed by atoms with Crippen molar-refractivity contribution in [2.45, 2.75) is 38.0 Å². The Balaban J connectivity index is 0.000000308. The quantitative estimate of drug-likeness (QED) is 0.137. The van der Waals surface area contributed by atoms with Crippen LogP contribution in [0.25, 0.3) is 0 Å². The van der Waals surface area contributed by atoms with Gasteiger partial charge in [0.05, 0.1) is 10.8 Å². The van der Waals surface area contributed by atoms with Crippen LogP contribution in [0, 0.1) is 6.92 Å². The Morgan fingerprint density at radius 3 is 1.59 bits per heavy atom. The second-order valence-electron chi connectivity index (χ2n) is 8.65. The Bertz CT molecular complexity index is 1100. The number of aryl methyl sites for hydroxylation is 1. The molecule has 0 aliphatic carbocycles. The molecule has 4 aromatic carbocycles. The molecule has 0 spiro atoms. The van der Waals surface area contributed by atoms with Crippen LogP contribution in [0.1, 0.15) is 37.3 Å². The Labute approximate surface area is 242 Å². The van der Waals surface area contributed by atoms with Gasteiger partial charge in [0.15, 0.2) is 0 Å². The molecule has 0 aliphatic rings. The SMILES string of the molecule is Cc1ccc(C(C)C)cc1.O=S(CCCP(c1ccccc1)c1ccccc1)c1ccccc1.[Cl][Ru][Cl]. The number of rotatable bonds is 8. The predicted octanol–water partition coefficient (Wildman–Crippen LogP) is 8.81. The molecule has 0 N–H and O–H groups in total. The zero-order valence-electron chi connectivity index (χ0n) is 21.5. The van der Waals surface area contributed by atoms with E-state index < -0.39 is 10.8 Å². The third-order valence-corrected chi connectivity index (χ3v) is 9.66. The van der Waals surface area contributed by atoms with E-state index in [0.29, 0.717) is 5.92 Å². The number of halogens is 2. The van der Waals surface area contributed by atoms with Gasteiger partial charge in [0, 0.05) is 10.6 Å². The zero-order chi connectivity index (χ0) is 26.9. The Hall–Kier alpha value is -1.34. The summed E-state index contributed by atoms with van der Waals surface area (Å²) in [7, 11) is 8.42. The molecule has 0 saturated heterocycles. The van der Waals surface area contributed by atoms with Crippen LogP contribution in [0.4, 0.5) is 0 Å². The van der Waals surface area contributed by atoms with Gasteiger partial charge < -0.3 is 0 Å². The van der Waals surface area contributed by atoms with Crippen LogP contribution in [-0.2, 0) is 25.9 Å². The van der Waals surface area contributed by atoms with E-state index in [1.807, 2.05) is 30.3 Å². The molecule has 1 nitrogen and oxygen atoms in total. The van der Waals surface area contributed by atoms with Crippen molar-refractivity contribution < 1.29 is 19.4 Å². The average Bonchev–Trinajstić information content (AvgIpc) is 2.93.